The minimum Gasteiger partial charge on any atom is -0.497 e. The van der Waals surface area contributed by atoms with Crippen LogP contribution < -0.4 is 10.1 Å². The lowest BCUT2D eigenvalue weighted by molar-refractivity contribution is -0.138. The van der Waals surface area contributed by atoms with Gasteiger partial charge in [0.05, 0.1) is 25.1 Å². The van der Waals surface area contributed by atoms with E-state index in [0.29, 0.717) is 5.82 Å². The standard InChI is InChI=1S/C13H11ClF3N3O/c1-21-9-3-2-8(10(4-9)13(15,16)17)5-19-12-7-18-6-11(14)20-12/h2-4,6-7H,5H2,1H3,(H,19,20). The fourth-order valence-corrected chi connectivity index (χ4v) is 1.86. The van der Waals surface area contributed by atoms with Crippen molar-refractivity contribution in [2.75, 3.05) is 12.4 Å². The number of methoxy groups -OCH3 is 1. The third kappa shape index (κ3) is 3.98. The molecule has 0 unspecified atom stereocenters. The monoisotopic (exact) mass is 317 g/mol. The van der Waals surface area contributed by atoms with E-state index in [4.69, 9.17) is 16.3 Å². The highest BCUT2D eigenvalue weighted by molar-refractivity contribution is 6.29. The Labute approximate surface area is 123 Å². The highest BCUT2D eigenvalue weighted by Crippen LogP contribution is 2.34. The van der Waals surface area contributed by atoms with Crippen LogP contribution in [-0.2, 0) is 12.7 Å². The fraction of sp³-hybridized carbons (Fsp3) is 0.231. The summed E-state index contributed by atoms with van der Waals surface area (Å²) in [5, 5.41) is 2.91. The van der Waals surface area contributed by atoms with Crippen LogP contribution in [0.2, 0.25) is 5.15 Å². The van der Waals surface area contributed by atoms with Crippen LogP contribution >= 0.6 is 11.6 Å². The van der Waals surface area contributed by atoms with Crippen LogP contribution in [0, 0.1) is 0 Å². The van der Waals surface area contributed by atoms with Gasteiger partial charge in [-0.3, -0.25) is 4.98 Å². The Kier molecular flexibility index (Phi) is 4.52. The number of hydrogen-bond acceptors (Lipinski definition) is 4. The molecule has 2 rings (SSSR count). The van der Waals surface area contributed by atoms with E-state index in [9.17, 15) is 13.2 Å². The number of nitrogens with zero attached hydrogens (tertiary/aromatic N) is 2. The third-order valence-electron chi connectivity index (χ3n) is 2.69. The van der Waals surface area contributed by atoms with E-state index in [0.717, 1.165) is 6.07 Å². The van der Waals surface area contributed by atoms with Gasteiger partial charge in [-0.2, -0.15) is 13.2 Å². The molecule has 0 bridgehead atoms. The number of benzene rings is 1. The van der Waals surface area contributed by atoms with Crippen molar-refractivity contribution in [2.24, 2.45) is 0 Å². The molecule has 1 heterocycles. The van der Waals surface area contributed by atoms with Crippen LogP contribution in [0.25, 0.3) is 0 Å². The zero-order chi connectivity index (χ0) is 15.5. The maximum Gasteiger partial charge on any atom is 0.416 e. The lowest BCUT2D eigenvalue weighted by atomic mass is 10.1. The maximum absolute atomic E-state index is 13.0. The quantitative estimate of drug-likeness (QED) is 0.932. The van der Waals surface area contributed by atoms with Crippen LogP contribution in [0.1, 0.15) is 11.1 Å². The summed E-state index contributed by atoms with van der Waals surface area (Å²) < 4.78 is 43.9. The lowest BCUT2D eigenvalue weighted by Crippen LogP contribution is -2.12. The first-order valence-corrected chi connectivity index (χ1v) is 6.23. The van der Waals surface area contributed by atoms with Crippen molar-refractivity contribution in [2.45, 2.75) is 12.7 Å². The average Bonchev–Trinajstić information content (AvgIpc) is 2.44. The van der Waals surface area contributed by atoms with E-state index < -0.39 is 11.7 Å². The van der Waals surface area contributed by atoms with Gasteiger partial charge in [-0.05, 0) is 17.7 Å². The number of aromatic nitrogens is 2. The third-order valence-corrected chi connectivity index (χ3v) is 2.87. The lowest BCUT2D eigenvalue weighted by Gasteiger charge is -2.15. The zero-order valence-corrected chi connectivity index (χ0v) is 11.7. The van der Waals surface area contributed by atoms with Crippen LogP contribution in [0.4, 0.5) is 19.0 Å². The molecule has 0 fully saturated rings. The minimum absolute atomic E-state index is 0.0616. The Balaban J connectivity index is 2.23. The Hall–Kier alpha value is -2.02. The van der Waals surface area contributed by atoms with Gasteiger partial charge in [-0.1, -0.05) is 17.7 Å². The fourth-order valence-electron chi connectivity index (χ4n) is 1.71. The molecule has 0 aliphatic rings. The Morgan fingerprint density at radius 2 is 2.05 bits per heavy atom. The summed E-state index contributed by atoms with van der Waals surface area (Å²) in [4.78, 5) is 7.70. The number of ether oxygens (including phenoxy) is 1. The molecule has 112 valence electrons. The van der Waals surface area contributed by atoms with Gasteiger partial charge in [0.1, 0.15) is 16.7 Å². The first-order chi connectivity index (χ1) is 9.90. The van der Waals surface area contributed by atoms with Gasteiger partial charge in [0.15, 0.2) is 0 Å². The highest BCUT2D eigenvalue weighted by atomic mass is 35.5. The second kappa shape index (κ2) is 6.17. The summed E-state index contributed by atoms with van der Waals surface area (Å²) in [5.74, 6) is 0.445. The second-order valence-corrected chi connectivity index (χ2v) is 4.49. The predicted octanol–water partition coefficient (Wildman–Crippen LogP) is 3.77. The smallest absolute Gasteiger partial charge is 0.416 e. The molecular weight excluding hydrogens is 307 g/mol. The molecule has 0 aliphatic carbocycles. The molecule has 0 radical (unpaired) electrons. The molecule has 1 aromatic carbocycles. The molecule has 0 spiro atoms. The van der Waals surface area contributed by atoms with E-state index in [-0.39, 0.29) is 23.0 Å². The van der Waals surface area contributed by atoms with Crippen molar-refractivity contribution < 1.29 is 17.9 Å². The maximum atomic E-state index is 13.0. The van der Waals surface area contributed by atoms with E-state index in [1.165, 1.54) is 31.6 Å². The van der Waals surface area contributed by atoms with Gasteiger partial charge in [0, 0.05) is 6.54 Å². The Bertz CT molecular complexity index is 634. The second-order valence-electron chi connectivity index (χ2n) is 4.10. The van der Waals surface area contributed by atoms with E-state index in [1.807, 2.05) is 0 Å². The summed E-state index contributed by atoms with van der Waals surface area (Å²) in [7, 11) is 1.31. The van der Waals surface area contributed by atoms with Crippen molar-refractivity contribution in [3.8, 4) is 5.75 Å². The van der Waals surface area contributed by atoms with E-state index >= 15 is 0 Å². The molecule has 8 heteroatoms. The average molecular weight is 318 g/mol. The molecule has 1 N–H and O–H groups in total. The SMILES string of the molecule is COc1ccc(CNc2cncc(Cl)n2)c(C(F)(F)F)c1. The van der Waals surface area contributed by atoms with Crippen LogP contribution in [0.15, 0.2) is 30.6 Å². The van der Waals surface area contributed by atoms with Crippen molar-refractivity contribution >= 4 is 17.4 Å². The summed E-state index contributed by atoms with van der Waals surface area (Å²) in [5.41, 5.74) is -0.686. The molecule has 0 aliphatic heterocycles. The molecule has 0 saturated heterocycles. The van der Waals surface area contributed by atoms with E-state index in [1.54, 1.807) is 0 Å². The van der Waals surface area contributed by atoms with Gasteiger partial charge in [-0.15, -0.1) is 0 Å². The minimum atomic E-state index is -4.47. The first kappa shape index (κ1) is 15.4. The van der Waals surface area contributed by atoms with Crippen molar-refractivity contribution in [1.82, 2.24) is 9.97 Å². The molecule has 0 amide bonds. The molecule has 1 aromatic heterocycles. The van der Waals surface area contributed by atoms with Crippen LogP contribution in [0.3, 0.4) is 0 Å². The van der Waals surface area contributed by atoms with E-state index in [2.05, 4.69) is 15.3 Å². The zero-order valence-electron chi connectivity index (χ0n) is 10.9. The van der Waals surface area contributed by atoms with Crippen LogP contribution in [-0.4, -0.2) is 17.1 Å². The highest BCUT2D eigenvalue weighted by Gasteiger charge is 2.33. The molecule has 4 nitrogen and oxygen atoms in total. The topological polar surface area (TPSA) is 47.0 Å². The predicted molar refractivity (Wildman–Crippen MR) is 72.4 cm³/mol. The number of hydrogen-bond donors (Lipinski definition) is 1. The number of alkyl halides is 3. The van der Waals surface area contributed by atoms with Gasteiger partial charge < -0.3 is 10.1 Å². The summed E-state index contributed by atoms with van der Waals surface area (Å²) in [6, 6.07) is 3.78. The summed E-state index contributed by atoms with van der Waals surface area (Å²) in [6.45, 7) is -0.0616. The van der Waals surface area contributed by atoms with Gasteiger partial charge >= 0.3 is 6.18 Å². The van der Waals surface area contributed by atoms with Gasteiger partial charge in [-0.25, -0.2) is 4.98 Å². The largest absolute Gasteiger partial charge is 0.497 e. The van der Waals surface area contributed by atoms with Crippen molar-refractivity contribution in [3.63, 3.8) is 0 Å². The van der Waals surface area contributed by atoms with Gasteiger partial charge in [0.25, 0.3) is 0 Å². The van der Waals surface area contributed by atoms with Crippen molar-refractivity contribution in [3.05, 3.63) is 46.9 Å². The molecular formula is C13H11ClF3N3O. The normalized spacial score (nSPS) is 11.3. The molecule has 21 heavy (non-hydrogen) atoms. The van der Waals surface area contributed by atoms with Crippen LogP contribution in [0.5, 0.6) is 5.75 Å². The Morgan fingerprint density at radius 3 is 2.67 bits per heavy atom. The summed E-state index contributed by atoms with van der Waals surface area (Å²) in [6.07, 6.45) is -1.75. The molecule has 2 aromatic rings. The molecule has 0 atom stereocenters. The number of anilines is 1. The van der Waals surface area contributed by atoms with Crippen molar-refractivity contribution in [1.29, 1.82) is 0 Å². The Morgan fingerprint density at radius 1 is 1.29 bits per heavy atom. The molecule has 0 saturated carbocycles. The first-order valence-electron chi connectivity index (χ1n) is 5.85. The number of nitrogens with one attached hydrogen (secondary N) is 1. The number of rotatable bonds is 4. The summed E-state index contributed by atoms with van der Waals surface area (Å²) >= 11 is 5.66. The number of halogens is 4. The van der Waals surface area contributed by atoms with Gasteiger partial charge in [0.2, 0.25) is 0 Å².